The summed E-state index contributed by atoms with van der Waals surface area (Å²) in [7, 11) is 0. The smallest absolute Gasteiger partial charge is 0.410 e. The zero-order chi connectivity index (χ0) is 21.0. The van der Waals surface area contributed by atoms with E-state index in [4.69, 9.17) is 10.00 Å². The van der Waals surface area contributed by atoms with Crippen molar-refractivity contribution in [2.75, 3.05) is 11.9 Å². The summed E-state index contributed by atoms with van der Waals surface area (Å²) in [6, 6.07) is 8.34. The molecule has 2 fully saturated rings. The molecule has 156 valence electrons. The molecule has 1 N–H and O–H groups in total. The molecule has 1 saturated carbocycles. The third-order valence-corrected chi connectivity index (χ3v) is 5.88. The van der Waals surface area contributed by atoms with Crippen molar-refractivity contribution in [2.24, 2.45) is 11.8 Å². The Bertz CT molecular complexity index is 770. The van der Waals surface area contributed by atoms with Crippen LogP contribution in [0.5, 0.6) is 0 Å². The topological polar surface area (TPSA) is 82.4 Å². The highest BCUT2D eigenvalue weighted by atomic mass is 16.6. The second-order valence-corrected chi connectivity index (χ2v) is 9.15. The average molecular weight is 398 g/mol. The summed E-state index contributed by atoms with van der Waals surface area (Å²) in [6.07, 6.45) is 6.28. The van der Waals surface area contributed by atoms with Crippen LogP contribution in [0, 0.1) is 23.2 Å². The van der Waals surface area contributed by atoms with Crippen LogP contribution in [0.25, 0.3) is 0 Å². The van der Waals surface area contributed by atoms with Gasteiger partial charge in [0.25, 0.3) is 0 Å². The second kappa shape index (κ2) is 8.86. The first-order chi connectivity index (χ1) is 13.8. The van der Waals surface area contributed by atoms with Crippen molar-refractivity contribution in [2.45, 2.75) is 70.9 Å². The van der Waals surface area contributed by atoms with E-state index in [2.05, 4.69) is 11.4 Å². The number of amides is 2. The van der Waals surface area contributed by atoms with Crippen molar-refractivity contribution >= 4 is 17.7 Å². The van der Waals surface area contributed by atoms with Gasteiger partial charge < -0.3 is 10.1 Å². The highest BCUT2D eigenvalue weighted by Gasteiger charge is 2.46. The van der Waals surface area contributed by atoms with Crippen LogP contribution in [0.1, 0.15) is 64.9 Å². The van der Waals surface area contributed by atoms with E-state index in [1.165, 1.54) is 19.3 Å². The highest BCUT2D eigenvalue weighted by molar-refractivity contribution is 5.97. The van der Waals surface area contributed by atoms with Crippen LogP contribution in [0.15, 0.2) is 24.3 Å². The predicted octanol–water partition coefficient (Wildman–Crippen LogP) is 4.70. The first kappa shape index (κ1) is 21.2. The number of nitrogens with zero attached hydrogens (tertiary/aromatic N) is 2. The van der Waals surface area contributed by atoms with E-state index in [1.54, 1.807) is 29.2 Å². The van der Waals surface area contributed by atoms with Crippen LogP contribution in [-0.2, 0) is 9.53 Å². The Morgan fingerprint density at radius 3 is 2.34 bits per heavy atom. The number of ether oxygens (including phenoxy) is 1. The molecular formula is C23H31N3O3. The van der Waals surface area contributed by atoms with E-state index in [-0.39, 0.29) is 11.8 Å². The number of hydrogen-bond acceptors (Lipinski definition) is 4. The molecule has 3 rings (SSSR count). The summed E-state index contributed by atoms with van der Waals surface area (Å²) in [5, 5.41) is 11.9. The fourth-order valence-corrected chi connectivity index (χ4v) is 4.58. The van der Waals surface area contributed by atoms with Crippen molar-refractivity contribution in [1.82, 2.24) is 4.90 Å². The molecule has 1 saturated heterocycles. The molecule has 2 atom stereocenters. The molecule has 1 aliphatic heterocycles. The van der Waals surface area contributed by atoms with Crippen molar-refractivity contribution in [1.29, 1.82) is 5.26 Å². The Morgan fingerprint density at radius 2 is 1.76 bits per heavy atom. The zero-order valence-electron chi connectivity index (χ0n) is 17.6. The van der Waals surface area contributed by atoms with Crippen molar-refractivity contribution in [3.05, 3.63) is 29.8 Å². The Hall–Kier alpha value is -2.55. The van der Waals surface area contributed by atoms with Gasteiger partial charge in [-0.3, -0.25) is 9.69 Å². The lowest BCUT2D eigenvalue weighted by molar-refractivity contribution is -0.122. The first-order valence-corrected chi connectivity index (χ1v) is 10.6. The number of likely N-dealkylation sites (tertiary alicyclic amines) is 1. The van der Waals surface area contributed by atoms with Gasteiger partial charge in [-0.25, -0.2) is 4.79 Å². The summed E-state index contributed by atoms with van der Waals surface area (Å²) < 4.78 is 5.59. The summed E-state index contributed by atoms with van der Waals surface area (Å²) in [6.45, 7) is 6.06. The largest absolute Gasteiger partial charge is 0.444 e. The average Bonchev–Trinajstić information content (AvgIpc) is 3.13. The van der Waals surface area contributed by atoms with Gasteiger partial charge in [-0.05, 0) is 63.3 Å². The van der Waals surface area contributed by atoms with Crippen LogP contribution in [0.2, 0.25) is 0 Å². The Morgan fingerprint density at radius 1 is 1.10 bits per heavy atom. The molecule has 1 aromatic carbocycles. The molecule has 29 heavy (non-hydrogen) atoms. The molecule has 2 aliphatic rings. The van der Waals surface area contributed by atoms with Crippen molar-refractivity contribution in [3.63, 3.8) is 0 Å². The zero-order valence-corrected chi connectivity index (χ0v) is 17.6. The van der Waals surface area contributed by atoms with Crippen molar-refractivity contribution < 1.29 is 14.3 Å². The van der Waals surface area contributed by atoms with E-state index in [9.17, 15) is 9.59 Å². The van der Waals surface area contributed by atoms with Crippen molar-refractivity contribution in [3.8, 4) is 6.07 Å². The number of anilines is 1. The molecule has 0 spiro atoms. The summed E-state index contributed by atoms with van der Waals surface area (Å²) in [5.74, 6) is 0.447. The van der Waals surface area contributed by atoms with Crippen LogP contribution in [0.4, 0.5) is 10.5 Å². The number of carbonyl (C=O) groups is 2. The lowest BCUT2D eigenvalue weighted by Gasteiger charge is -2.34. The number of benzene rings is 1. The van der Waals surface area contributed by atoms with Gasteiger partial charge in [-0.1, -0.05) is 32.1 Å². The molecule has 0 aromatic heterocycles. The maximum atomic E-state index is 13.3. The Kier molecular flexibility index (Phi) is 6.46. The van der Waals surface area contributed by atoms with Crippen LogP contribution in [0.3, 0.4) is 0 Å². The fourth-order valence-electron chi connectivity index (χ4n) is 4.58. The third-order valence-electron chi connectivity index (χ3n) is 5.88. The molecule has 1 aromatic rings. The Balaban J connectivity index is 1.80. The summed E-state index contributed by atoms with van der Waals surface area (Å²) in [5.41, 5.74) is 0.570. The summed E-state index contributed by atoms with van der Waals surface area (Å²) >= 11 is 0. The monoisotopic (exact) mass is 397 g/mol. The second-order valence-electron chi connectivity index (χ2n) is 9.15. The minimum Gasteiger partial charge on any atom is -0.444 e. The molecule has 1 heterocycles. The Labute approximate surface area is 173 Å². The number of nitrogens with one attached hydrogen (secondary N) is 1. The maximum absolute atomic E-state index is 13.3. The van der Waals surface area contributed by atoms with Gasteiger partial charge in [0.05, 0.1) is 11.6 Å². The quantitative estimate of drug-likeness (QED) is 0.801. The van der Waals surface area contributed by atoms with E-state index < -0.39 is 17.7 Å². The molecule has 0 radical (unpaired) electrons. The number of rotatable bonds is 3. The fraction of sp³-hybridized carbons (Fsp3) is 0.609. The third kappa shape index (κ3) is 5.29. The molecule has 0 unspecified atom stereocenters. The minimum atomic E-state index is -0.603. The SMILES string of the molecule is CC(C)(C)OC(=O)N1CC[C@@H](C2CCCCC2)[C@H]1C(=O)Nc1ccc(C#N)cc1. The van der Waals surface area contributed by atoms with Crippen LogP contribution in [-0.4, -0.2) is 35.1 Å². The van der Waals surface area contributed by atoms with E-state index in [0.717, 1.165) is 19.3 Å². The standard InChI is InChI=1S/C23H31N3O3/c1-23(2,3)29-22(28)26-14-13-19(17-7-5-4-6-8-17)20(26)21(27)25-18-11-9-16(15-24)10-12-18/h9-12,17,19-20H,4-8,13-14H2,1-3H3,(H,25,27)/t19-,20-/m0/s1. The van der Waals surface area contributed by atoms with Gasteiger partial charge in [0, 0.05) is 12.2 Å². The predicted molar refractivity (Wildman–Crippen MR) is 111 cm³/mol. The molecule has 6 heteroatoms. The van der Waals surface area contributed by atoms with Gasteiger partial charge in [-0.15, -0.1) is 0 Å². The molecular weight excluding hydrogens is 366 g/mol. The highest BCUT2D eigenvalue weighted by Crippen LogP contribution is 2.39. The number of carbonyl (C=O) groups excluding carboxylic acids is 2. The molecule has 2 amide bonds. The first-order valence-electron chi connectivity index (χ1n) is 10.6. The maximum Gasteiger partial charge on any atom is 0.410 e. The van der Waals surface area contributed by atoms with Gasteiger partial charge in [0.2, 0.25) is 5.91 Å². The summed E-state index contributed by atoms with van der Waals surface area (Å²) in [4.78, 5) is 27.7. The van der Waals surface area contributed by atoms with Gasteiger partial charge >= 0.3 is 6.09 Å². The van der Waals surface area contributed by atoms with E-state index in [0.29, 0.717) is 23.7 Å². The molecule has 0 bridgehead atoms. The van der Waals surface area contributed by atoms with Gasteiger partial charge in [0.15, 0.2) is 0 Å². The van der Waals surface area contributed by atoms with E-state index >= 15 is 0 Å². The minimum absolute atomic E-state index is 0.154. The lowest BCUT2D eigenvalue weighted by atomic mass is 9.76. The van der Waals surface area contributed by atoms with Gasteiger partial charge in [-0.2, -0.15) is 5.26 Å². The normalized spacial score (nSPS) is 22.8. The number of nitriles is 1. The van der Waals surface area contributed by atoms with Crippen LogP contribution < -0.4 is 5.32 Å². The van der Waals surface area contributed by atoms with Crippen LogP contribution >= 0.6 is 0 Å². The molecule has 6 nitrogen and oxygen atoms in total. The van der Waals surface area contributed by atoms with Gasteiger partial charge in [0.1, 0.15) is 11.6 Å². The van der Waals surface area contributed by atoms with E-state index in [1.807, 2.05) is 20.8 Å². The molecule has 1 aliphatic carbocycles. The number of hydrogen-bond donors (Lipinski definition) is 1. The lowest BCUT2D eigenvalue weighted by Crippen LogP contribution is -2.49.